The van der Waals surface area contributed by atoms with Gasteiger partial charge in [0.1, 0.15) is 0 Å². The van der Waals surface area contributed by atoms with E-state index in [-0.39, 0.29) is 5.91 Å². The molecule has 0 radical (unpaired) electrons. The molecule has 19 heavy (non-hydrogen) atoms. The van der Waals surface area contributed by atoms with E-state index >= 15 is 0 Å². The van der Waals surface area contributed by atoms with E-state index in [2.05, 4.69) is 28.5 Å². The summed E-state index contributed by atoms with van der Waals surface area (Å²) in [5, 5.41) is 3.22. The lowest BCUT2D eigenvalue weighted by atomic mass is 10.0. The van der Waals surface area contributed by atoms with Crippen LogP contribution in [0, 0.1) is 0 Å². The first kappa shape index (κ1) is 10.6. The molecular formula is C15H13N3O. The highest BCUT2D eigenvalue weighted by Gasteiger charge is 2.31. The van der Waals surface area contributed by atoms with Gasteiger partial charge in [0.05, 0.1) is 17.9 Å². The van der Waals surface area contributed by atoms with E-state index < -0.39 is 0 Å². The fraction of sp³-hybridized carbons (Fsp3) is 0.200. The zero-order valence-electron chi connectivity index (χ0n) is 10.4. The smallest absolute Gasteiger partial charge is 0.246 e. The van der Waals surface area contributed by atoms with Gasteiger partial charge in [-0.2, -0.15) is 0 Å². The molecule has 0 bridgehead atoms. The normalized spacial score (nSPS) is 16.2. The van der Waals surface area contributed by atoms with Crippen LogP contribution in [0.25, 0.3) is 11.1 Å². The number of anilines is 2. The maximum atomic E-state index is 11.8. The minimum Gasteiger partial charge on any atom is -0.374 e. The molecule has 1 amide bonds. The lowest BCUT2D eigenvalue weighted by Gasteiger charge is -2.26. The summed E-state index contributed by atoms with van der Waals surface area (Å²) >= 11 is 0. The maximum absolute atomic E-state index is 11.8. The summed E-state index contributed by atoms with van der Waals surface area (Å²) in [6.45, 7) is 1.20. The first-order valence-corrected chi connectivity index (χ1v) is 6.44. The van der Waals surface area contributed by atoms with Crippen molar-refractivity contribution in [2.24, 2.45) is 0 Å². The van der Waals surface area contributed by atoms with E-state index in [9.17, 15) is 4.79 Å². The summed E-state index contributed by atoms with van der Waals surface area (Å²) in [6.07, 6.45) is 4.58. The van der Waals surface area contributed by atoms with Gasteiger partial charge in [-0.05, 0) is 35.7 Å². The van der Waals surface area contributed by atoms with E-state index in [1.54, 1.807) is 6.20 Å². The van der Waals surface area contributed by atoms with Crippen LogP contribution in [0.5, 0.6) is 0 Å². The van der Waals surface area contributed by atoms with Gasteiger partial charge < -0.3 is 10.2 Å². The van der Waals surface area contributed by atoms with Crippen molar-refractivity contribution < 1.29 is 4.79 Å². The average Bonchev–Trinajstić information content (AvgIpc) is 2.89. The second-order valence-corrected chi connectivity index (χ2v) is 4.92. The van der Waals surface area contributed by atoms with Gasteiger partial charge >= 0.3 is 0 Å². The first-order chi connectivity index (χ1) is 9.33. The summed E-state index contributed by atoms with van der Waals surface area (Å²) in [5.41, 5.74) is 5.65. The zero-order valence-corrected chi connectivity index (χ0v) is 10.4. The standard InChI is InChI=1S/C15H13N3O/c19-14-9-17-13-7-12(11-2-1-4-16-8-11)6-10-3-5-18(14)15(10)13/h1-2,4,6-8,17H,3,5,9H2. The average molecular weight is 251 g/mol. The fourth-order valence-electron chi connectivity index (χ4n) is 2.90. The van der Waals surface area contributed by atoms with Crippen LogP contribution in [0.4, 0.5) is 11.4 Å². The van der Waals surface area contributed by atoms with E-state index in [0.29, 0.717) is 6.54 Å². The fourth-order valence-corrected chi connectivity index (χ4v) is 2.90. The van der Waals surface area contributed by atoms with Crippen molar-refractivity contribution in [3.63, 3.8) is 0 Å². The Morgan fingerprint density at radius 1 is 1.26 bits per heavy atom. The first-order valence-electron chi connectivity index (χ1n) is 6.44. The Morgan fingerprint density at radius 3 is 3.05 bits per heavy atom. The van der Waals surface area contributed by atoms with Crippen LogP contribution in [-0.2, 0) is 11.2 Å². The Hall–Kier alpha value is -2.36. The van der Waals surface area contributed by atoms with Crippen molar-refractivity contribution in [2.45, 2.75) is 6.42 Å². The van der Waals surface area contributed by atoms with Crippen molar-refractivity contribution in [2.75, 3.05) is 23.3 Å². The molecule has 0 unspecified atom stereocenters. The minimum atomic E-state index is 0.167. The van der Waals surface area contributed by atoms with Crippen LogP contribution in [-0.4, -0.2) is 24.0 Å². The predicted octanol–water partition coefficient (Wildman–Crippen LogP) is 2.06. The Labute approximate surface area is 111 Å². The molecule has 2 aliphatic rings. The Kier molecular flexibility index (Phi) is 2.12. The van der Waals surface area contributed by atoms with Gasteiger partial charge in [0, 0.05) is 24.5 Å². The summed E-state index contributed by atoms with van der Waals surface area (Å²) < 4.78 is 0. The number of carbonyl (C=O) groups is 1. The van der Waals surface area contributed by atoms with Crippen LogP contribution in [0.1, 0.15) is 5.56 Å². The molecule has 4 rings (SSSR count). The maximum Gasteiger partial charge on any atom is 0.246 e. The highest BCUT2D eigenvalue weighted by Crippen LogP contribution is 2.41. The number of pyridine rings is 1. The van der Waals surface area contributed by atoms with Crippen LogP contribution < -0.4 is 10.2 Å². The second kappa shape index (κ2) is 3.82. The van der Waals surface area contributed by atoms with E-state index in [1.165, 1.54) is 5.56 Å². The molecule has 4 heteroatoms. The monoisotopic (exact) mass is 251 g/mol. The number of amides is 1. The van der Waals surface area contributed by atoms with E-state index in [1.807, 2.05) is 17.2 Å². The third-order valence-electron chi connectivity index (χ3n) is 3.79. The largest absolute Gasteiger partial charge is 0.374 e. The number of nitrogens with zero attached hydrogens (tertiary/aromatic N) is 2. The van der Waals surface area contributed by atoms with Gasteiger partial charge in [0.25, 0.3) is 0 Å². The number of carbonyl (C=O) groups excluding carboxylic acids is 1. The number of aromatic nitrogens is 1. The molecule has 0 spiro atoms. The molecule has 4 nitrogen and oxygen atoms in total. The SMILES string of the molecule is O=C1CNc2cc(-c3cccnc3)cc3c2N1CC3. The van der Waals surface area contributed by atoms with Crippen molar-refractivity contribution in [1.82, 2.24) is 4.98 Å². The molecule has 2 aromatic rings. The molecule has 0 saturated carbocycles. The summed E-state index contributed by atoms with van der Waals surface area (Å²) in [6, 6.07) is 8.29. The number of benzene rings is 1. The van der Waals surface area contributed by atoms with E-state index in [4.69, 9.17) is 0 Å². The minimum absolute atomic E-state index is 0.167. The molecule has 94 valence electrons. The number of rotatable bonds is 1. The van der Waals surface area contributed by atoms with Crippen molar-refractivity contribution in [1.29, 1.82) is 0 Å². The molecule has 1 N–H and O–H groups in total. The topological polar surface area (TPSA) is 45.2 Å². The van der Waals surface area contributed by atoms with Crippen molar-refractivity contribution >= 4 is 17.3 Å². The number of hydrogen-bond donors (Lipinski definition) is 1. The third kappa shape index (κ3) is 1.53. The lowest BCUT2D eigenvalue weighted by molar-refractivity contribution is -0.117. The zero-order chi connectivity index (χ0) is 12.8. The van der Waals surface area contributed by atoms with Gasteiger partial charge in [-0.25, -0.2) is 0 Å². The Balaban J connectivity index is 1.89. The number of nitrogens with one attached hydrogen (secondary N) is 1. The van der Waals surface area contributed by atoms with Gasteiger partial charge in [0.15, 0.2) is 0 Å². The highest BCUT2D eigenvalue weighted by atomic mass is 16.2. The third-order valence-corrected chi connectivity index (χ3v) is 3.79. The van der Waals surface area contributed by atoms with Crippen molar-refractivity contribution in [3.05, 3.63) is 42.2 Å². The predicted molar refractivity (Wildman–Crippen MR) is 74.2 cm³/mol. The molecule has 1 aromatic carbocycles. The Bertz CT molecular complexity index is 667. The molecule has 1 aromatic heterocycles. The summed E-state index contributed by atoms with van der Waals surface area (Å²) in [4.78, 5) is 17.9. The molecule has 3 heterocycles. The second-order valence-electron chi connectivity index (χ2n) is 4.92. The quantitative estimate of drug-likeness (QED) is 0.843. The molecule has 0 saturated heterocycles. The van der Waals surface area contributed by atoms with Crippen LogP contribution in [0.3, 0.4) is 0 Å². The van der Waals surface area contributed by atoms with Gasteiger partial charge in [-0.3, -0.25) is 9.78 Å². The van der Waals surface area contributed by atoms with Gasteiger partial charge in [-0.15, -0.1) is 0 Å². The van der Waals surface area contributed by atoms with Crippen molar-refractivity contribution in [3.8, 4) is 11.1 Å². The van der Waals surface area contributed by atoms with Crippen LogP contribution in [0.15, 0.2) is 36.7 Å². The van der Waals surface area contributed by atoms with Gasteiger partial charge in [0.2, 0.25) is 5.91 Å². The number of hydrogen-bond acceptors (Lipinski definition) is 3. The van der Waals surface area contributed by atoms with E-state index in [0.717, 1.165) is 35.5 Å². The summed E-state index contributed by atoms with van der Waals surface area (Å²) in [5.74, 6) is 0.167. The molecule has 0 atom stereocenters. The molecule has 0 fully saturated rings. The van der Waals surface area contributed by atoms with Crippen LogP contribution >= 0.6 is 0 Å². The molecule has 0 aliphatic carbocycles. The van der Waals surface area contributed by atoms with Crippen LogP contribution in [0.2, 0.25) is 0 Å². The van der Waals surface area contributed by atoms with Gasteiger partial charge in [-0.1, -0.05) is 6.07 Å². The lowest BCUT2D eigenvalue weighted by Crippen LogP contribution is -2.38. The molecular weight excluding hydrogens is 238 g/mol. The summed E-state index contributed by atoms with van der Waals surface area (Å²) in [7, 11) is 0. The molecule has 2 aliphatic heterocycles. The Morgan fingerprint density at radius 2 is 2.21 bits per heavy atom. The highest BCUT2D eigenvalue weighted by molar-refractivity contribution is 6.05.